The van der Waals surface area contributed by atoms with Crippen molar-refractivity contribution in [3.63, 3.8) is 0 Å². The molecule has 2 unspecified atom stereocenters. The quantitative estimate of drug-likeness (QED) is 0.236. The molecule has 13 heteroatoms. The molecule has 0 aliphatic carbocycles. The van der Waals surface area contributed by atoms with Gasteiger partial charge in [-0.05, 0) is 0 Å². The van der Waals surface area contributed by atoms with Crippen molar-refractivity contribution in [1.29, 1.82) is 0 Å². The zero-order chi connectivity index (χ0) is 12.2. The molecule has 1 heterocycles. The van der Waals surface area contributed by atoms with Crippen molar-refractivity contribution >= 4 is 15.2 Å². The number of hydrogen-bond acceptors (Lipinski definition) is 8. The van der Waals surface area contributed by atoms with Crippen LogP contribution in [0.25, 0.3) is 0 Å². The molecule has 0 fully saturated rings. The van der Waals surface area contributed by atoms with Crippen molar-refractivity contribution in [3.05, 3.63) is 18.7 Å². The number of imidazole rings is 1. The van der Waals surface area contributed by atoms with Gasteiger partial charge in [0.15, 0.2) is 7.60 Å². The molecule has 0 amide bonds. The fourth-order valence-corrected chi connectivity index (χ4v) is 3.27. The minimum absolute atomic E-state index is 0. The Bertz CT molecular complexity index is 427. The molecule has 1 N–H and O–H groups in total. The number of nitrogens with zero attached hydrogens (tertiary/aromatic N) is 2. The van der Waals surface area contributed by atoms with Crippen molar-refractivity contribution in [3.8, 4) is 0 Å². The molecule has 9 nitrogen and oxygen atoms in total. The fourth-order valence-electron chi connectivity index (χ4n) is 0.765. The maximum Gasteiger partial charge on any atom is 1.00 e. The van der Waals surface area contributed by atoms with Crippen LogP contribution in [0.1, 0.15) is 0 Å². The van der Waals surface area contributed by atoms with Crippen LogP contribution in [0.4, 0.5) is 0 Å². The molecule has 1 rings (SSSR count). The zero-order valence-electron chi connectivity index (χ0n) is 9.83. The first-order chi connectivity index (χ1) is 7.35. The van der Waals surface area contributed by atoms with Crippen LogP contribution in [-0.4, -0.2) is 27.3 Å². The molecule has 0 saturated heterocycles. The smallest absolute Gasteiger partial charge is 0.776 e. The second-order valence-corrected chi connectivity index (χ2v) is 6.42. The van der Waals surface area contributed by atoms with Crippen molar-refractivity contribution in [2.75, 3.05) is 12.3 Å². The molecule has 18 heavy (non-hydrogen) atoms. The van der Waals surface area contributed by atoms with Crippen LogP contribution in [0.2, 0.25) is 0 Å². The summed E-state index contributed by atoms with van der Waals surface area (Å²) in [4.78, 5) is 25.4. The maximum absolute atomic E-state index is 11.2. The summed E-state index contributed by atoms with van der Waals surface area (Å²) in [5.74, 6) is 0. The topological polar surface area (TPSA) is 137 Å². The van der Waals surface area contributed by atoms with Gasteiger partial charge in [-0.3, -0.25) is 4.57 Å². The van der Waals surface area contributed by atoms with E-state index < -0.39 is 27.5 Å². The second-order valence-electron chi connectivity index (χ2n) is 2.75. The van der Waals surface area contributed by atoms with Gasteiger partial charge in [-0.2, -0.15) is 9.40 Å². The van der Waals surface area contributed by atoms with E-state index >= 15 is 0 Å². The fraction of sp³-hybridized carbons (Fsp3) is 0.400. The summed E-state index contributed by atoms with van der Waals surface area (Å²) in [6.07, 6.45) is 1.91. The summed E-state index contributed by atoms with van der Waals surface area (Å²) in [7, 11) is -8.91. The van der Waals surface area contributed by atoms with Crippen LogP contribution in [0.15, 0.2) is 18.7 Å². The Balaban J connectivity index is 0. The first-order valence-electron chi connectivity index (χ1n) is 3.96. The third kappa shape index (κ3) is 8.47. The van der Waals surface area contributed by atoms with Crippen LogP contribution in [-0.2, 0) is 13.8 Å². The summed E-state index contributed by atoms with van der Waals surface area (Å²) >= 11 is 0. The Morgan fingerprint density at radius 1 is 1.22 bits per heavy atom. The van der Waals surface area contributed by atoms with Gasteiger partial charge in [0.1, 0.15) is 6.33 Å². The number of hydrogen-bond donors (Lipinski definition) is 1. The second kappa shape index (κ2) is 9.28. The standard InChI is InChI=1S/C5H10N2O7P2.2Na/c8-14-16(11,12)4-3-15(9,10)13-7-2-1-6-5-7;;/h1-2,5,8H,3-4H2,(H,9,10)(H,11,12);;/q;2*+1/p-2. The summed E-state index contributed by atoms with van der Waals surface area (Å²) in [5, 5.41) is 7.92. The molecular formula is C5H8N2Na2O7P2. The molecule has 1 aromatic heterocycles. The molecule has 0 aliphatic heterocycles. The van der Waals surface area contributed by atoms with E-state index in [1.165, 1.54) is 12.4 Å². The van der Waals surface area contributed by atoms with E-state index in [1.807, 2.05) is 0 Å². The molecular weight excluding hydrogens is 308 g/mol. The monoisotopic (exact) mass is 316 g/mol. The van der Waals surface area contributed by atoms with Gasteiger partial charge in [0, 0.05) is 18.5 Å². The SMILES string of the molecule is O=P([O-])(CCP(=O)([O-])On1ccnc1)OO.[Na+].[Na+]. The largest absolute Gasteiger partial charge is 1.00 e. The van der Waals surface area contributed by atoms with Gasteiger partial charge in [-0.1, -0.05) is 0 Å². The Kier molecular flexibility index (Phi) is 11.1. The van der Waals surface area contributed by atoms with Gasteiger partial charge in [0.2, 0.25) is 7.60 Å². The Labute approximate surface area is 147 Å². The Hall–Kier alpha value is 1.31. The summed E-state index contributed by atoms with van der Waals surface area (Å²) < 4.78 is 30.3. The van der Waals surface area contributed by atoms with Crippen molar-refractivity contribution in [2.24, 2.45) is 0 Å². The van der Waals surface area contributed by atoms with Crippen LogP contribution < -0.4 is 73.5 Å². The molecule has 0 aliphatic rings. The third-order valence-corrected chi connectivity index (χ3v) is 4.05. The summed E-state index contributed by atoms with van der Waals surface area (Å²) in [6, 6.07) is 0. The maximum atomic E-state index is 11.2. The minimum Gasteiger partial charge on any atom is -0.776 e. The van der Waals surface area contributed by atoms with Crippen LogP contribution in [0.5, 0.6) is 0 Å². The van der Waals surface area contributed by atoms with E-state index in [0.717, 1.165) is 11.1 Å². The predicted molar refractivity (Wildman–Crippen MR) is 47.5 cm³/mol. The molecule has 0 radical (unpaired) electrons. The zero-order valence-corrected chi connectivity index (χ0v) is 15.6. The van der Waals surface area contributed by atoms with Crippen molar-refractivity contribution in [1.82, 2.24) is 9.71 Å². The molecule has 0 saturated carbocycles. The molecule has 0 aromatic carbocycles. The minimum atomic E-state index is -4.53. The normalized spacial score (nSPS) is 16.6. The van der Waals surface area contributed by atoms with E-state index in [2.05, 4.69) is 14.3 Å². The Morgan fingerprint density at radius 3 is 2.22 bits per heavy atom. The van der Waals surface area contributed by atoms with E-state index in [1.54, 1.807) is 0 Å². The summed E-state index contributed by atoms with van der Waals surface area (Å²) in [6.45, 7) is 0. The summed E-state index contributed by atoms with van der Waals surface area (Å²) in [5.41, 5.74) is 0. The van der Waals surface area contributed by atoms with E-state index in [9.17, 15) is 18.9 Å². The van der Waals surface area contributed by atoms with Gasteiger partial charge in [-0.25, -0.2) is 10.2 Å². The van der Waals surface area contributed by atoms with E-state index in [4.69, 9.17) is 5.26 Å². The van der Waals surface area contributed by atoms with E-state index in [0.29, 0.717) is 0 Å². The number of rotatable bonds is 6. The van der Waals surface area contributed by atoms with E-state index in [-0.39, 0.29) is 59.1 Å². The van der Waals surface area contributed by atoms with Gasteiger partial charge in [0.25, 0.3) is 0 Å². The van der Waals surface area contributed by atoms with Gasteiger partial charge in [-0.15, -0.1) is 0 Å². The molecule has 0 spiro atoms. The predicted octanol–water partition coefficient (Wildman–Crippen LogP) is -7.08. The molecule has 0 bridgehead atoms. The molecule has 1 aromatic rings. The Morgan fingerprint density at radius 2 is 1.78 bits per heavy atom. The average Bonchev–Trinajstić information content (AvgIpc) is 2.67. The first-order valence-corrected chi connectivity index (χ1v) is 7.41. The molecule has 92 valence electrons. The van der Waals surface area contributed by atoms with Gasteiger partial charge >= 0.3 is 59.1 Å². The van der Waals surface area contributed by atoms with Crippen LogP contribution in [0, 0.1) is 0 Å². The van der Waals surface area contributed by atoms with Gasteiger partial charge in [0.05, 0.1) is 6.20 Å². The van der Waals surface area contributed by atoms with Crippen molar-refractivity contribution in [2.45, 2.75) is 0 Å². The van der Waals surface area contributed by atoms with Crippen LogP contribution in [0.3, 0.4) is 0 Å². The van der Waals surface area contributed by atoms with Gasteiger partial charge < -0.3 is 19.0 Å². The average molecular weight is 316 g/mol. The van der Waals surface area contributed by atoms with Crippen molar-refractivity contribution < 1.29 is 92.6 Å². The third-order valence-electron chi connectivity index (χ3n) is 1.47. The molecule has 2 atom stereocenters. The van der Waals surface area contributed by atoms with Crippen LogP contribution >= 0.6 is 15.2 Å². The first kappa shape index (κ1) is 21.6. The number of aromatic nitrogens is 2.